The second kappa shape index (κ2) is 4.81. The van der Waals surface area contributed by atoms with Crippen LogP contribution in [0.15, 0.2) is 4.79 Å². The van der Waals surface area contributed by atoms with Gasteiger partial charge in [-0.25, -0.2) is 4.98 Å². The van der Waals surface area contributed by atoms with Crippen LogP contribution in [0.5, 0.6) is 0 Å². The first-order valence-corrected chi connectivity index (χ1v) is 8.01. The molecular formula is C15H17F3N2OS. The van der Waals surface area contributed by atoms with Crippen molar-refractivity contribution in [2.45, 2.75) is 46.2 Å². The molecule has 0 aliphatic heterocycles. The third-order valence-corrected chi connectivity index (χ3v) is 5.56. The summed E-state index contributed by atoms with van der Waals surface area (Å²) in [4.78, 5) is 18.8. The number of rotatable bonds is 0. The number of halogens is 3. The van der Waals surface area contributed by atoms with Gasteiger partial charge >= 0.3 is 6.18 Å². The molecule has 2 aromatic rings. The van der Waals surface area contributed by atoms with Gasteiger partial charge in [0.25, 0.3) is 5.56 Å². The monoisotopic (exact) mass is 330 g/mol. The van der Waals surface area contributed by atoms with E-state index in [-0.39, 0.29) is 10.2 Å². The van der Waals surface area contributed by atoms with Crippen LogP contribution in [0.1, 0.15) is 43.5 Å². The van der Waals surface area contributed by atoms with Gasteiger partial charge < -0.3 is 4.98 Å². The Morgan fingerprint density at radius 2 is 1.95 bits per heavy atom. The molecule has 2 heterocycles. The molecule has 1 atom stereocenters. The number of hydrogen-bond acceptors (Lipinski definition) is 3. The maximum atomic E-state index is 12.8. The van der Waals surface area contributed by atoms with E-state index in [1.165, 1.54) is 11.3 Å². The molecular weight excluding hydrogens is 313 g/mol. The molecule has 1 aliphatic carbocycles. The Hall–Kier alpha value is -1.37. The molecule has 0 fully saturated rings. The van der Waals surface area contributed by atoms with Crippen LogP contribution >= 0.6 is 11.3 Å². The predicted molar refractivity (Wildman–Crippen MR) is 80.2 cm³/mol. The summed E-state index contributed by atoms with van der Waals surface area (Å²) in [5.41, 5.74) is 0.359. The van der Waals surface area contributed by atoms with E-state index < -0.39 is 17.6 Å². The minimum absolute atomic E-state index is 0.144. The number of aryl methyl sites for hydroxylation is 1. The molecule has 1 N–H and O–H groups in total. The minimum Gasteiger partial charge on any atom is -0.302 e. The summed E-state index contributed by atoms with van der Waals surface area (Å²) in [6.07, 6.45) is -2.15. The van der Waals surface area contributed by atoms with Gasteiger partial charge in [-0.2, -0.15) is 13.2 Å². The molecule has 3 rings (SSSR count). The summed E-state index contributed by atoms with van der Waals surface area (Å²) in [7, 11) is 0. The van der Waals surface area contributed by atoms with Crippen LogP contribution in [-0.2, 0) is 19.0 Å². The van der Waals surface area contributed by atoms with Crippen molar-refractivity contribution in [1.29, 1.82) is 0 Å². The zero-order chi connectivity index (χ0) is 16.3. The summed E-state index contributed by atoms with van der Waals surface area (Å²) in [5, 5.41) is 0.348. The van der Waals surface area contributed by atoms with Gasteiger partial charge in [-0.05, 0) is 36.2 Å². The lowest BCUT2D eigenvalue weighted by molar-refractivity contribution is -0.144. The Bertz CT molecular complexity index is 783. The van der Waals surface area contributed by atoms with Crippen molar-refractivity contribution in [1.82, 2.24) is 9.97 Å². The van der Waals surface area contributed by atoms with Gasteiger partial charge in [0.1, 0.15) is 4.83 Å². The highest BCUT2D eigenvalue weighted by Crippen LogP contribution is 2.42. The summed E-state index contributed by atoms with van der Waals surface area (Å²) < 4.78 is 38.3. The van der Waals surface area contributed by atoms with Crippen LogP contribution in [0.25, 0.3) is 10.2 Å². The Morgan fingerprint density at radius 1 is 1.27 bits per heavy atom. The van der Waals surface area contributed by atoms with Gasteiger partial charge in [0.15, 0.2) is 0 Å². The molecule has 0 spiro atoms. The number of aromatic amines is 1. The lowest BCUT2D eigenvalue weighted by Crippen LogP contribution is -2.26. The fourth-order valence-corrected chi connectivity index (χ4v) is 4.36. The van der Waals surface area contributed by atoms with Crippen molar-refractivity contribution >= 4 is 21.6 Å². The normalized spacial score (nSPS) is 19.5. The van der Waals surface area contributed by atoms with E-state index in [1.54, 1.807) is 0 Å². The van der Waals surface area contributed by atoms with Gasteiger partial charge in [-0.3, -0.25) is 4.79 Å². The standard InChI is InChI=1S/C15H17F3N2OS/c1-14(2,3)7-4-5-8-9(6-7)22-12-10(8)11(21)19-13(20-12)15(16,17)18/h7H,4-6H2,1-3H3,(H,19,20,21). The van der Waals surface area contributed by atoms with Crippen molar-refractivity contribution in [2.75, 3.05) is 0 Å². The highest BCUT2D eigenvalue weighted by atomic mass is 32.1. The van der Waals surface area contributed by atoms with E-state index in [4.69, 9.17) is 0 Å². The maximum absolute atomic E-state index is 12.8. The highest BCUT2D eigenvalue weighted by Gasteiger charge is 2.36. The number of fused-ring (bicyclic) bond motifs is 3. The largest absolute Gasteiger partial charge is 0.449 e. The quantitative estimate of drug-likeness (QED) is 0.788. The van der Waals surface area contributed by atoms with Crippen LogP contribution in [0.3, 0.4) is 0 Å². The molecule has 0 amide bonds. The fraction of sp³-hybridized carbons (Fsp3) is 0.600. The smallest absolute Gasteiger partial charge is 0.302 e. The van der Waals surface area contributed by atoms with Crippen LogP contribution in [-0.4, -0.2) is 9.97 Å². The molecule has 0 saturated heterocycles. The lowest BCUT2D eigenvalue weighted by Gasteiger charge is -2.33. The first kappa shape index (κ1) is 15.5. The molecule has 0 aromatic carbocycles. The van der Waals surface area contributed by atoms with Gasteiger partial charge in [-0.1, -0.05) is 20.8 Å². The summed E-state index contributed by atoms with van der Waals surface area (Å²) in [6.45, 7) is 6.51. The highest BCUT2D eigenvalue weighted by molar-refractivity contribution is 7.18. The third kappa shape index (κ3) is 2.55. The molecule has 0 radical (unpaired) electrons. The number of aromatic nitrogens is 2. The summed E-state index contributed by atoms with van der Waals surface area (Å²) >= 11 is 1.23. The number of nitrogens with zero attached hydrogens (tertiary/aromatic N) is 1. The van der Waals surface area contributed by atoms with Crippen molar-refractivity contribution in [3.8, 4) is 0 Å². The number of alkyl halides is 3. The van der Waals surface area contributed by atoms with Crippen LogP contribution < -0.4 is 5.56 Å². The maximum Gasteiger partial charge on any atom is 0.449 e. The number of nitrogens with one attached hydrogen (secondary N) is 1. The predicted octanol–water partition coefficient (Wildman–Crippen LogP) is 4.15. The van der Waals surface area contributed by atoms with E-state index in [1.807, 2.05) is 4.98 Å². The molecule has 0 saturated carbocycles. The molecule has 2 aromatic heterocycles. The zero-order valence-electron chi connectivity index (χ0n) is 12.6. The fourth-order valence-electron chi connectivity index (χ4n) is 3.06. The second-order valence-electron chi connectivity index (χ2n) is 6.90. The average Bonchev–Trinajstić information content (AvgIpc) is 2.74. The number of H-pyrrole nitrogens is 1. The van der Waals surface area contributed by atoms with Crippen LogP contribution in [0.4, 0.5) is 13.2 Å². The van der Waals surface area contributed by atoms with E-state index in [0.717, 1.165) is 29.7 Å². The van der Waals surface area contributed by atoms with Gasteiger partial charge in [-0.15, -0.1) is 11.3 Å². The molecule has 0 bridgehead atoms. The first-order chi connectivity index (χ1) is 10.1. The first-order valence-electron chi connectivity index (χ1n) is 7.19. The molecule has 7 heteroatoms. The van der Waals surface area contributed by atoms with Crippen molar-refractivity contribution < 1.29 is 13.2 Å². The van der Waals surface area contributed by atoms with Crippen molar-refractivity contribution in [3.63, 3.8) is 0 Å². The molecule has 1 unspecified atom stereocenters. The summed E-state index contributed by atoms with van der Waals surface area (Å²) in [5.74, 6) is -0.745. The molecule has 120 valence electrons. The van der Waals surface area contributed by atoms with E-state index in [9.17, 15) is 18.0 Å². The van der Waals surface area contributed by atoms with Gasteiger partial charge in [0, 0.05) is 4.88 Å². The van der Waals surface area contributed by atoms with Gasteiger partial charge in [0.05, 0.1) is 5.39 Å². The topological polar surface area (TPSA) is 45.8 Å². The molecule has 22 heavy (non-hydrogen) atoms. The average molecular weight is 330 g/mol. The van der Waals surface area contributed by atoms with E-state index in [2.05, 4.69) is 25.8 Å². The molecule has 1 aliphatic rings. The molecule has 3 nitrogen and oxygen atoms in total. The Labute approximate surface area is 129 Å². The van der Waals surface area contributed by atoms with E-state index >= 15 is 0 Å². The van der Waals surface area contributed by atoms with E-state index in [0.29, 0.717) is 11.3 Å². The van der Waals surface area contributed by atoms with Crippen molar-refractivity contribution in [2.24, 2.45) is 11.3 Å². The Morgan fingerprint density at radius 3 is 2.55 bits per heavy atom. The summed E-state index contributed by atoms with van der Waals surface area (Å²) in [6, 6.07) is 0. The lowest BCUT2D eigenvalue weighted by atomic mass is 9.72. The van der Waals surface area contributed by atoms with Crippen LogP contribution in [0.2, 0.25) is 0 Å². The second-order valence-corrected chi connectivity index (χ2v) is 7.99. The zero-order valence-corrected chi connectivity index (χ0v) is 13.4. The Balaban J connectivity index is 2.13. The minimum atomic E-state index is -4.63. The number of thiophene rings is 1. The van der Waals surface area contributed by atoms with Gasteiger partial charge in [0.2, 0.25) is 5.82 Å². The SMILES string of the molecule is CC(C)(C)C1CCc2c(sc3nc(C(F)(F)F)[nH]c(=O)c23)C1. The number of hydrogen-bond donors (Lipinski definition) is 1. The van der Waals surface area contributed by atoms with Crippen LogP contribution in [0, 0.1) is 11.3 Å². The Kier molecular flexibility index (Phi) is 3.39. The van der Waals surface area contributed by atoms with Crippen molar-refractivity contribution in [3.05, 3.63) is 26.6 Å². The third-order valence-electron chi connectivity index (χ3n) is 4.41.